The van der Waals surface area contributed by atoms with E-state index in [9.17, 15) is 4.39 Å². The largest absolute Gasteiger partial charge is 0.374 e. The molecule has 2 saturated heterocycles. The second kappa shape index (κ2) is 5.46. The highest BCUT2D eigenvalue weighted by molar-refractivity contribution is 4.80. The van der Waals surface area contributed by atoms with Gasteiger partial charge in [0.1, 0.15) is 6.17 Å². The van der Waals surface area contributed by atoms with Gasteiger partial charge in [0.25, 0.3) is 0 Å². The molecule has 94 valence electrons. The van der Waals surface area contributed by atoms with E-state index in [0.29, 0.717) is 18.9 Å². The van der Waals surface area contributed by atoms with E-state index < -0.39 is 6.17 Å². The number of hydrogen-bond acceptors (Lipinski definition) is 2. The van der Waals surface area contributed by atoms with Crippen LogP contribution >= 0.6 is 0 Å². The van der Waals surface area contributed by atoms with Crippen molar-refractivity contribution in [2.24, 2.45) is 11.8 Å². The summed E-state index contributed by atoms with van der Waals surface area (Å²) in [4.78, 5) is 2.49. The molecule has 1 unspecified atom stereocenters. The van der Waals surface area contributed by atoms with E-state index in [-0.39, 0.29) is 6.10 Å². The number of piperidine rings is 1. The lowest BCUT2D eigenvalue weighted by atomic mass is 9.93. The minimum atomic E-state index is -0.743. The minimum absolute atomic E-state index is 0.250. The Balaban J connectivity index is 1.76. The maximum atomic E-state index is 13.1. The van der Waals surface area contributed by atoms with Crippen molar-refractivity contribution < 1.29 is 9.13 Å². The fourth-order valence-electron chi connectivity index (χ4n) is 2.75. The van der Waals surface area contributed by atoms with Gasteiger partial charge in [-0.3, -0.25) is 0 Å². The van der Waals surface area contributed by atoms with Crippen LogP contribution in [0, 0.1) is 11.8 Å². The van der Waals surface area contributed by atoms with Crippen molar-refractivity contribution in [1.29, 1.82) is 0 Å². The van der Waals surface area contributed by atoms with Crippen LogP contribution in [0.3, 0.4) is 0 Å². The topological polar surface area (TPSA) is 12.5 Å². The van der Waals surface area contributed by atoms with E-state index in [1.807, 2.05) is 0 Å². The number of likely N-dealkylation sites (tertiary alicyclic amines) is 1. The van der Waals surface area contributed by atoms with Crippen LogP contribution in [-0.2, 0) is 4.74 Å². The Hall–Kier alpha value is -0.150. The first-order valence-corrected chi connectivity index (χ1v) is 6.63. The van der Waals surface area contributed by atoms with E-state index in [2.05, 4.69) is 18.7 Å². The van der Waals surface area contributed by atoms with Gasteiger partial charge in [-0.25, -0.2) is 4.39 Å². The zero-order valence-corrected chi connectivity index (χ0v) is 10.5. The Kier molecular flexibility index (Phi) is 4.20. The molecule has 2 nitrogen and oxygen atoms in total. The molecule has 0 radical (unpaired) electrons. The average Bonchev–Trinajstić information content (AvgIpc) is 2.25. The molecular formula is C13H24FNO. The number of nitrogens with zero attached hydrogens (tertiary/aromatic N) is 1. The molecule has 0 amide bonds. The van der Waals surface area contributed by atoms with Gasteiger partial charge in [0.15, 0.2) is 0 Å². The molecule has 2 rings (SSSR count). The van der Waals surface area contributed by atoms with E-state index in [0.717, 1.165) is 12.5 Å². The highest BCUT2D eigenvalue weighted by Crippen LogP contribution is 2.25. The lowest BCUT2D eigenvalue weighted by molar-refractivity contribution is -0.0746. The van der Waals surface area contributed by atoms with Crippen molar-refractivity contribution >= 4 is 0 Å². The molecule has 2 fully saturated rings. The summed E-state index contributed by atoms with van der Waals surface area (Å²) in [7, 11) is 0. The molecule has 3 heteroatoms. The summed E-state index contributed by atoms with van der Waals surface area (Å²) in [5, 5.41) is 0. The number of ether oxygens (including phenoxy) is 1. The van der Waals surface area contributed by atoms with Crippen molar-refractivity contribution in [3.63, 3.8) is 0 Å². The minimum Gasteiger partial charge on any atom is -0.374 e. The Morgan fingerprint density at radius 3 is 2.56 bits per heavy atom. The summed E-state index contributed by atoms with van der Waals surface area (Å²) in [5.41, 5.74) is 0. The summed E-state index contributed by atoms with van der Waals surface area (Å²) >= 11 is 0. The van der Waals surface area contributed by atoms with Crippen molar-refractivity contribution in [1.82, 2.24) is 4.90 Å². The lowest BCUT2D eigenvalue weighted by Crippen LogP contribution is -2.45. The van der Waals surface area contributed by atoms with Crippen LogP contribution < -0.4 is 0 Å². The monoisotopic (exact) mass is 229 g/mol. The van der Waals surface area contributed by atoms with Gasteiger partial charge in [-0.1, -0.05) is 13.8 Å². The summed E-state index contributed by atoms with van der Waals surface area (Å²) in [6.45, 7) is 8.12. The zero-order chi connectivity index (χ0) is 11.5. The van der Waals surface area contributed by atoms with Crippen LogP contribution in [0.25, 0.3) is 0 Å². The lowest BCUT2D eigenvalue weighted by Gasteiger charge is -2.37. The molecule has 2 aliphatic heterocycles. The molecule has 0 N–H and O–H groups in total. The first-order chi connectivity index (χ1) is 7.65. The summed E-state index contributed by atoms with van der Waals surface area (Å²) in [5.74, 6) is 1.24. The van der Waals surface area contributed by atoms with Crippen LogP contribution in [0.15, 0.2) is 0 Å². The first kappa shape index (κ1) is 12.3. The predicted octanol–water partition coefficient (Wildman–Crippen LogP) is 2.48. The van der Waals surface area contributed by atoms with Crippen LogP contribution in [0.5, 0.6) is 0 Å². The highest BCUT2D eigenvalue weighted by Gasteiger charge is 2.30. The molecule has 0 saturated carbocycles. The SMILES string of the molecule is CC1CCN(C[C@@H]2OCC(F)C[C@H]2C)CC1. The van der Waals surface area contributed by atoms with Crippen molar-refractivity contribution in [2.75, 3.05) is 26.2 Å². The van der Waals surface area contributed by atoms with Gasteiger partial charge >= 0.3 is 0 Å². The standard InChI is InChI=1S/C13H24FNO/c1-10-3-5-15(6-4-10)8-13-11(2)7-12(14)9-16-13/h10-13H,3-9H2,1-2H3/t11-,12?,13+/m1/s1. The Bertz CT molecular complexity index is 216. The molecule has 0 aromatic carbocycles. The molecule has 0 aliphatic carbocycles. The van der Waals surface area contributed by atoms with E-state index in [1.54, 1.807) is 0 Å². The number of halogens is 1. The quantitative estimate of drug-likeness (QED) is 0.721. The van der Waals surface area contributed by atoms with Gasteiger partial charge in [0.2, 0.25) is 0 Å². The van der Waals surface area contributed by atoms with Gasteiger partial charge in [-0.05, 0) is 44.2 Å². The Labute approximate surface area is 98.1 Å². The normalized spacial score (nSPS) is 38.8. The molecular weight excluding hydrogens is 205 g/mol. The molecule has 0 spiro atoms. The van der Waals surface area contributed by atoms with Crippen molar-refractivity contribution in [2.45, 2.75) is 45.4 Å². The average molecular weight is 229 g/mol. The smallest absolute Gasteiger partial charge is 0.124 e. The zero-order valence-electron chi connectivity index (χ0n) is 10.5. The van der Waals surface area contributed by atoms with Crippen LogP contribution in [-0.4, -0.2) is 43.4 Å². The van der Waals surface area contributed by atoms with Gasteiger partial charge in [0.05, 0.1) is 12.7 Å². The fourth-order valence-corrected chi connectivity index (χ4v) is 2.75. The Morgan fingerprint density at radius 1 is 1.25 bits per heavy atom. The van der Waals surface area contributed by atoms with Gasteiger partial charge < -0.3 is 9.64 Å². The number of rotatable bonds is 2. The summed E-state index contributed by atoms with van der Waals surface area (Å²) in [6.07, 6.45) is 2.78. The number of hydrogen-bond donors (Lipinski definition) is 0. The maximum absolute atomic E-state index is 13.1. The highest BCUT2D eigenvalue weighted by atomic mass is 19.1. The van der Waals surface area contributed by atoms with Crippen LogP contribution in [0.1, 0.15) is 33.1 Å². The van der Waals surface area contributed by atoms with Crippen LogP contribution in [0.4, 0.5) is 4.39 Å². The second-order valence-electron chi connectivity index (χ2n) is 5.67. The van der Waals surface area contributed by atoms with Crippen LogP contribution in [0.2, 0.25) is 0 Å². The third kappa shape index (κ3) is 3.17. The number of alkyl halides is 1. The van der Waals surface area contributed by atoms with Gasteiger partial charge in [0, 0.05) is 6.54 Å². The molecule has 2 aliphatic rings. The molecule has 0 aromatic heterocycles. The third-order valence-electron chi connectivity index (χ3n) is 4.07. The molecule has 3 atom stereocenters. The molecule has 0 bridgehead atoms. The fraction of sp³-hybridized carbons (Fsp3) is 1.00. The predicted molar refractivity (Wildman–Crippen MR) is 63.3 cm³/mol. The summed E-state index contributed by atoms with van der Waals surface area (Å²) in [6, 6.07) is 0. The molecule has 16 heavy (non-hydrogen) atoms. The third-order valence-corrected chi connectivity index (χ3v) is 4.07. The molecule has 0 aromatic rings. The van der Waals surface area contributed by atoms with Gasteiger partial charge in [-0.2, -0.15) is 0 Å². The Morgan fingerprint density at radius 2 is 1.94 bits per heavy atom. The van der Waals surface area contributed by atoms with E-state index >= 15 is 0 Å². The van der Waals surface area contributed by atoms with Gasteiger partial charge in [-0.15, -0.1) is 0 Å². The van der Waals surface area contributed by atoms with Crippen molar-refractivity contribution in [3.8, 4) is 0 Å². The van der Waals surface area contributed by atoms with E-state index in [1.165, 1.54) is 25.9 Å². The summed E-state index contributed by atoms with van der Waals surface area (Å²) < 4.78 is 18.7. The molecule has 2 heterocycles. The second-order valence-corrected chi connectivity index (χ2v) is 5.67. The maximum Gasteiger partial charge on any atom is 0.124 e. The van der Waals surface area contributed by atoms with Crippen molar-refractivity contribution in [3.05, 3.63) is 0 Å². The first-order valence-electron chi connectivity index (χ1n) is 6.63. The van der Waals surface area contributed by atoms with E-state index in [4.69, 9.17) is 4.74 Å².